The molecule has 5 heteroatoms. The van der Waals surface area contributed by atoms with Gasteiger partial charge in [0, 0.05) is 18.3 Å². The van der Waals surface area contributed by atoms with Crippen molar-refractivity contribution in [3.8, 4) is 11.1 Å². The molecule has 0 fully saturated rings. The molecule has 1 N–H and O–H groups in total. The van der Waals surface area contributed by atoms with Crippen LogP contribution in [0.25, 0.3) is 22.2 Å². The van der Waals surface area contributed by atoms with E-state index < -0.39 is 0 Å². The lowest BCUT2D eigenvalue weighted by Gasteiger charge is -2.13. The summed E-state index contributed by atoms with van der Waals surface area (Å²) in [4.78, 5) is 21.8. The maximum Gasteiger partial charge on any atom is 0.251 e. The van der Waals surface area contributed by atoms with Crippen molar-refractivity contribution in [2.45, 2.75) is 20.0 Å². The van der Waals surface area contributed by atoms with Crippen LogP contribution in [-0.4, -0.2) is 20.4 Å². The number of benzene rings is 3. The number of aryl methyl sites for hydroxylation is 1. The second-order valence-corrected chi connectivity index (χ2v) is 7.98. The zero-order chi connectivity index (χ0) is 22.6. The molecule has 0 aliphatic carbocycles. The predicted octanol–water partition coefficient (Wildman–Crippen LogP) is 5.39. The van der Waals surface area contributed by atoms with Crippen molar-refractivity contribution in [2.24, 2.45) is 0 Å². The Balaban J connectivity index is 1.45. The molecule has 0 unspecified atom stereocenters. The first-order chi connectivity index (χ1) is 16.2. The van der Waals surface area contributed by atoms with Crippen LogP contribution in [0, 0.1) is 6.92 Å². The summed E-state index contributed by atoms with van der Waals surface area (Å²) in [7, 11) is 0. The monoisotopic (exact) mass is 432 g/mol. The first-order valence-corrected chi connectivity index (χ1v) is 11.0. The van der Waals surface area contributed by atoms with Gasteiger partial charge in [0.05, 0.1) is 23.3 Å². The topological polar surface area (TPSA) is 59.8 Å². The maximum absolute atomic E-state index is 12.8. The Labute approximate surface area is 192 Å². The van der Waals surface area contributed by atoms with Crippen LogP contribution in [0.3, 0.4) is 0 Å². The molecule has 33 heavy (non-hydrogen) atoms. The van der Waals surface area contributed by atoms with E-state index in [4.69, 9.17) is 4.98 Å². The molecule has 2 aromatic heterocycles. The molecule has 5 aromatic rings. The number of carbonyl (C=O) groups excluding carboxylic acids is 1. The summed E-state index contributed by atoms with van der Waals surface area (Å²) < 4.78 is 2.17. The summed E-state index contributed by atoms with van der Waals surface area (Å²) in [5, 5.41) is 2.96. The Kier molecular flexibility index (Phi) is 5.68. The van der Waals surface area contributed by atoms with E-state index in [1.54, 1.807) is 6.20 Å². The molecular formula is C28H24N4O. The average Bonchev–Trinajstić information content (AvgIpc) is 3.18. The van der Waals surface area contributed by atoms with E-state index in [2.05, 4.69) is 63.4 Å². The van der Waals surface area contributed by atoms with Gasteiger partial charge in [0.15, 0.2) is 0 Å². The van der Waals surface area contributed by atoms with Crippen LogP contribution in [0.5, 0.6) is 0 Å². The molecule has 162 valence electrons. The molecule has 2 heterocycles. The van der Waals surface area contributed by atoms with Gasteiger partial charge in [-0.3, -0.25) is 9.78 Å². The van der Waals surface area contributed by atoms with Gasteiger partial charge in [0.2, 0.25) is 0 Å². The third-order valence-corrected chi connectivity index (χ3v) is 5.79. The first kappa shape index (κ1) is 20.6. The van der Waals surface area contributed by atoms with E-state index in [0.717, 1.165) is 22.6 Å². The lowest BCUT2D eigenvalue weighted by molar-refractivity contribution is 0.0950. The van der Waals surface area contributed by atoms with Crippen molar-refractivity contribution in [3.63, 3.8) is 0 Å². The van der Waals surface area contributed by atoms with Gasteiger partial charge in [-0.05, 0) is 53.9 Å². The lowest BCUT2D eigenvalue weighted by Crippen LogP contribution is -2.23. The van der Waals surface area contributed by atoms with E-state index in [-0.39, 0.29) is 5.91 Å². The number of fused-ring (bicyclic) bond motifs is 1. The smallest absolute Gasteiger partial charge is 0.251 e. The summed E-state index contributed by atoms with van der Waals surface area (Å²) in [6, 6.07) is 30.1. The number of pyridine rings is 1. The van der Waals surface area contributed by atoms with Crippen molar-refractivity contribution in [2.75, 3.05) is 0 Å². The fourth-order valence-electron chi connectivity index (χ4n) is 4.09. The highest BCUT2D eigenvalue weighted by Crippen LogP contribution is 2.26. The number of hydrogen-bond donors (Lipinski definition) is 1. The summed E-state index contributed by atoms with van der Waals surface area (Å²) in [5.74, 6) is 0.788. The van der Waals surface area contributed by atoms with Gasteiger partial charge in [0.1, 0.15) is 5.82 Å². The van der Waals surface area contributed by atoms with Crippen LogP contribution in [-0.2, 0) is 13.1 Å². The highest BCUT2D eigenvalue weighted by atomic mass is 16.1. The number of aromatic nitrogens is 3. The molecule has 5 nitrogen and oxygen atoms in total. The molecule has 0 saturated carbocycles. The van der Waals surface area contributed by atoms with E-state index >= 15 is 0 Å². The predicted molar refractivity (Wildman–Crippen MR) is 131 cm³/mol. The summed E-state index contributed by atoms with van der Waals surface area (Å²) in [5.41, 5.74) is 6.84. The normalized spacial score (nSPS) is 10.9. The Hall–Kier alpha value is -4.25. The third kappa shape index (κ3) is 4.39. The fourth-order valence-corrected chi connectivity index (χ4v) is 4.09. The number of nitrogens with one attached hydrogen (secondary N) is 1. The number of nitrogens with zero attached hydrogens (tertiary/aromatic N) is 3. The Morgan fingerprint density at radius 1 is 0.909 bits per heavy atom. The van der Waals surface area contributed by atoms with Crippen LogP contribution in [0.2, 0.25) is 0 Å². The van der Waals surface area contributed by atoms with Crippen molar-refractivity contribution in [3.05, 3.63) is 120 Å². The first-order valence-electron chi connectivity index (χ1n) is 11.0. The zero-order valence-electron chi connectivity index (χ0n) is 18.4. The average molecular weight is 433 g/mol. The molecule has 0 aliphatic rings. The molecule has 0 radical (unpaired) electrons. The van der Waals surface area contributed by atoms with E-state index in [0.29, 0.717) is 18.7 Å². The molecule has 1 amide bonds. The van der Waals surface area contributed by atoms with Crippen LogP contribution in [0.15, 0.2) is 97.2 Å². The van der Waals surface area contributed by atoms with Crippen molar-refractivity contribution < 1.29 is 4.79 Å². The van der Waals surface area contributed by atoms with Gasteiger partial charge in [-0.2, -0.15) is 0 Å². The van der Waals surface area contributed by atoms with Gasteiger partial charge >= 0.3 is 0 Å². The Morgan fingerprint density at radius 2 is 1.70 bits per heavy atom. The standard InChI is InChI=1S/C28H24N4O/c1-20-31-26-15-14-22(28(33)30-18-24-12-7-8-16-29-24)17-27(26)32(20)19-23-11-5-6-13-25(23)21-9-3-2-4-10-21/h2-17H,18-19H2,1H3,(H,30,33). The van der Waals surface area contributed by atoms with Crippen LogP contribution in [0.1, 0.15) is 27.4 Å². The largest absolute Gasteiger partial charge is 0.346 e. The fraction of sp³-hybridized carbons (Fsp3) is 0.107. The highest BCUT2D eigenvalue weighted by Gasteiger charge is 2.14. The minimum atomic E-state index is -0.127. The van der Waals surface area contributed by atoms with E-state index in [1.807, 2.05) is 49.4 Å². The molecule has 0 bridgehead atoms. The second-order valence-electron chi connectivity index (χ2n) is 7.98. The Bertz CT molecular complexity index is 1410. The van der Waals surface area contributed by atoms with Crippen LogP contribution >= 0.6 is 0 Å². The molecule has 5 rings (SSSR count). The minimum absolute atomic E-state index is 0.127. The van der Waals surface area contributed by atoms with E-state index in [9.17, 15) is 4.79 Å². The van der Waals surface area contributed by atoms with Crippen molar-refractivity contribution in [1.29, 1.82) is 0 Å². The molecule has 0 spiro atoms. The molecule has 0 atom stereocenters. The SMILES string of the molecule is Cc1nc2ccc(C(=O)NCc3ccccn3)cc2n1Cc1ccccc1-c1ccccc1. The van der Waals surface area contributed by atoms with E-state index in [1.165, 1.54) is 16.7 Å². The molecule has 0 aliphatic heterocycles. The second kappa shape index (κ2) is 9.09. The maximum atomic E-state index is 12.8. The third-order valence-electron chi connectivity index (χ3n) is 5.79. The van der Waals surface area contributed by atoms with Crippen LogP contribution in [0.4, 0.5) is 0 Å². The van der Waals surface area contributed by atoms with Gasteiger partial charge < -0.3 is 9.88 Å². The number of rotatable bonds is 6. The quantitative estimate of drug-likeness (QED) is 0.392. The minimum Gasteiger partial charge on any atom is -0.346 e. The van der Waals surface area contributed by atoms with Gasteiger partial charge in [-0.25, -0.2) is 4.98 Å². The van der Waals surface area contributed by atoms with Crippen molar-refractivity contribution in [1.82, 2.24) is 19.9 Å². The lowest BCUT2D eigenvalue weighted by atomic mass is 9.99. The molecule has 0 saturated heterocycles. The molecular weight excluding hydrogens is 408 g/mol. The summed E-state index contributed by atoms with van der Waals surface area (Å²) in [6.45, 7) is 3.07. The number of imidazole rings is 1. The zero-order valence-corrected chi connectivity index (χ0v) is 18.4. The number of amides is 1. The summed E-state index contributed by atoms with van der Waals surface area (Å²) in [6.07, 6.45) is 1.72. The summed E-state index contributed by atoms with van der Waals surface area (Å²) >= 11 is 0. The number of hydrogen-bond acceptors (Lipinski definition) is 3. The Morgan fingerprint density at radius 3 is 2.52 bits per heavy atom. The molecule has 3 aromatic carbocycles. The van der Waals surface area contributed by atoms with Gasteiger partial charge in [-0.15, -0.1) is 0 Å². The van der Waals surface area contributed by atoms with Gasteiger partial charge in [0.25, 0.3) is 5.91 Å². The van der Waals surface area contributed by atoms with Crippen LogP contribution < -0.4 is 5.32 Å². The van der Waals surface area contributed by atoms with Crippen molar-refractivity contribution >= 4 is 16.9 Å². The van der Waals surface area contributed by atoms with Gasteiger partial charge in [-0.1, -0.05) is 60.7 Å². The number of carbonyl (C=O) groups is 1. The highest BCUT2D eigenvalue weighted by molar-refractivity contribution is 5.97.